The van der Waals surface area contributed by atoms with E-state index in [1.165, 1.54) is 0 Å². The van der Waals surface area contributed by atoms with Crippen molar-refractivity contribution in [3.63, 3.8) is 0 Å². The molecule has 4 rings (SSSR count). The molecule has 0 spiro atoms. The smallest absolute Gasteiger partial charge is 0.260 e. The molecule has 0 aliphatic heterocycles. The molecule has 116 valence electrons. The topological polar surface area (TPSA) is 52.2 Å². The summed E-state index contributed by atoms with van der Waals surface area (Å²) in [5, 5.41) is 1.27. The summed E-state index contributed by atoms with van der Waals surface area (Å²) in [5.74, 6) is 2.56. The molecule has 0 unspecified atom stereocenters. The Morgan fingerprint density at radius 1 is 1.17 bits per heavy atom. The highest BCUT2D eigenvalue weighted by Gasteiger charge is 2.08. The van der Waals surface area contributed by atoms with Crippen LogP contribution in [0.3, 0.4) is 0 Å². The molecule has 0 bridgehead atoms. The van der Waals surface area contributed by atoms with Crippen molar-refractivity contribution in [3.05, 3.63) is 76.4 Å². The standard InChI is InChI=1S/C19H14N4O/c1-3-14-8-20-9-17-16(14)6-7-22(19(17)24)11-15-12-23-10-13(2)4-5-18(23)21-15/h1,4-10,12H,11H2,2H3. The van der Waals surface area contributed by atoms with Crippen LogP contribution >= 0.6 is 0 Å². The average Bonchev–Trinajstić information content (AvgIpc) is 2.98. The molecule has 0 saturated carbocycles. The third-order valence-electron chi connectivity index (χ3n) is 4.04. The van der Waals surface area contributed by atoms with E-state index in [-0.39, 0.29) is 5.56 Å². The van der Waals surface area contributed by atoms with Crippen molar-refractivity contribution in [1.82, 2.24) is 18.9 Å². The van der Waals surface area contributed by atoms with Crippen LogP contribution in [0.5, 0.6) is 0 Å². The fourth-order valence-electron chi connectivity index (χ4n) is 2.85. The quantitative estimate of drug-likeness (QED) is 0.534. The van der Waals surface area contributed by atoms with E-state index >= 15 is 0 Å². The van der Waals surface area contributed by atoms with Crippen LogP contribution in [-0.4, -0.2) is 18.9 Å². The van der Waals surface area contributed by atoms with Gasteiger partial charge in [0.15, 0.2) is 0 Å². The number of hydrogen-bond donors (Lipinski definition) is 0. The lowest BCUT2D eigenvalue weighted by atomic mass is 10.1. The number of terminal acetylenes is 1. The van der Waals surface area contributed by atoms with Crippen LogP contribution in [0.15, 0.2) is 54.0 Å². The van der Waals surface area contributed by atoms with Gasteiger partial charge >= 0.3 is 0 Å². The molecule has 0 aliphatic rings. The van der Waals surface area contributed by atoms with Crippen LogP contribution in [0.1, 0.15) is 16.8 Å². The molecule has 0 aromatic carbocycles. The summed E-state index contributed by atoms with van der Waals surface area (Å²) in [6.45, 7) is 2.43. The van der Waals surface area contributed by atoms with Gasteiger partial charge in [-0.25, -0.2) is 4.98 Å². The molecule has 4 heterocycles. The Morgan fingerprint density at radius 2 is 2.04 bits per heavy atom. The summed E-state index contributed by atoms with van der Waals surface area (Å²) in [6.07, 6.45) is 14.3. The van der Waals surface area contributed by atoms with Crippen LogP contribution < -0.4 is 5.56 Å². The van der Waals surface area contributed by atoms with Gasteiger partial charge in [0.05, 0.1) is 23.2 Å². The first-order valence-electron chi connectivity index (χ1n) is 7.54. The van der Waals surface area contributed by atoms with Gasteiger partial charge in [-0.3, -0.25) is 9.78 Å². The van der Waals surface area contributed by atoms with Gasteiger partial charge in [0.2, 0.25) is 0 Å². The van der Waals surface area contributed by atoms with E-state index in [0.717, 1.165) is 22.3 Å². The van der Waals surface area contributed by atoms with E-state index < -0.39 is 0 Å². The molecule has 24 heavy (non-hydrogen) atoms. The second-order valence-corrected chi connectivity index (χ2v) is 5.75. The average molecular weight is 314 g/mol. The van der Waals surface area contributed by atoms with Gasteiger partial charge in [0.25, 0.3) is 5.56 Å². The van der Waals surface area contributed by atoms with Crippen LogP contribution in [0.25, 0.3) is 16.4 Å². The molecular weight excluding hydrogens is 300 g/mol. The first kappa shape index (κ1) is 14.2. The second-order valence-electron chi connectivity index (χ2n) is 5.75. The van der Waals surface area contributed by atoms with Crippen molar-refractivity contribution in [3.8, 4) is 12.3 Å². The van der Waals surface area contributed by atoms with Gasteiger partial charge in [-0.05, 0) is 24.6 Å². The first-order valence-corrected chi connectivity index (χ1v) is 7.54. The molecular formula is C19H14N4O. The fourth-order valence-corrected chi connectivity index (χ4v) is 2.85. The number of rotatable bonds is 2. The van der Waals surface area contributed by atoms with E-state index in [4.69, 9.17) is 6.42 Å². The van der Waals surface area contributed by atoms with Crippen molar-refractivity contribution in [2.75, 3.05) is 0 Å². The molecule has 0 N–H and O–H groups in total. The number of imidazole rings is 1. The Bertz CT molecular complexity index is 1180. The summed E-state index contributed by atoms with van der Waals surface area (Å²) >= 11 is 0. The highest BCUT2D eigenvalue weighted by molar-refractivity contribution is 5.86. The van der Waals surface area contributed by atoms with Crippen LogP contribution in [0.4, 0.5) is 0 Å². The lowest BCUT2D eigenvalue weighted by Gasteiger charge is -2.06. The zero-order valence-corrected chi connectivity index (χ0v) is 13.1. The largest absolute Gasteiger partial charge is 0.309 e. The summed E-state index contributed by atoms with van der Waals surface area (Å²) in [5.41, 5.74) is 3.34. The Hall–Kier alpha value is -3.39. The maximum atomic E-state index is 12.7. The van der Waals surface area contributed by atoms with Gasteiger partial charge in [-0.2, -0.15) is 0 Å². The monoisotopic (exact) mass is 314 g/mol. The summed E-state index contributed by atoms with van der Waals surface area (Å²) < 4.78 is 3.59. The lowest BCUT2D eigenvalue weighted by molar-refractivity contribution is 0.752. The van der Waals surface area contributed by atoms with Crippen LogP contribution in [0, 0.1) is 19.3 Å². The normalized spacial score (nSPS) is 11.0. The Kier molecular flexibility index (Phi) is 3.17. The molecule has 0 saturated heterocycles. The number of aromatic nitrogens is 4. The van der Waals surface area contributed by atoms with Gasteiger partial charge in [0.1, 0.15) is 5.65 Å². The Labute approximate surface area is 138 Å². The van der Waals surface area contributed by atoms with E-state index in [0.29, 0.717) is 17.5 Å². The number of pyridine rings is 3. The molecule has 0 amide bonds. The van der Waals surface area contributed by atoms with Crippen LogP contribution in [0.2, 0.25) is 0 Å². The van der Waals surface area contributed by atoms with Crippen molar-refractivity contribution in [1.29, 1.82) is 0 Å². The van der Waals surface area contributed by atoms with Gasteiger partial charge in [0, 0.05) is 36.4 Å². The number of fused-ring (bicyclic) bond motifs is 2. The van der Waals surface area contributed by atoms with Gasteiger partial charge < -0.3 is 8.97 Å². The van der Waals surface area contributed by atoms with E-state index in [1.54, 1.807) is 23.2 Å². The first-order chi connectivity index (χ1) is 11.7. The van der Waals surface area contributed by atoms with Gasteiger partial charge in [-0.15, -0.1) is 6.42 Å². The third-order valence-corrected chi connectivity index (χ3v) is 4.04. The minimum atomic E-state index is -0.120. The molecule has 4 aromatic heterocycles. The van der Waals surface area contributed by atoms with E-state index in [2.05, 4.69) is 15.9 Å². The predicted molar refractivity (Wildman–Crippen MR) is 93.0 cm³/mol. The molecule has 5 nitrogen and oxygen atoms in total. The SMILES string of the molecule is C#Cc1cncc2c(=O)n(Cc3cn4cc(C)ccc4n3)ccc12. The van der Waals surface area contributed by atoms with Crippen molar-refractivity contribution < 1.29 is 0 Å². The van der Waals surface area contributed by atoms with Crippen LogP contribution in [-0.2, 0) is 6.54 Å². The maximum Gasteiger partial charge on any atom is 0.260 e. The highest BCUT2D eigenvalue weighted by Crippen LogP contribution is 2.14. The minimum Gasteiger partial charge on any atom is -0.309 e. The minimum absolute atomic E-state index is 0.120. The van der Waals surface area contributed by atoms with Crippen molar-refractivity contribution in [2.45, 2.75) is 13.5 Å². The number of hydrogen-bond acceptors (Lipinski definition) is 3. The summed E-state index contributed by atoms with van der Waals surface area (Å²) in [4.78, 5) is 21.3. The lowest BCUT2D eigenvalue weighted by Crippen LogP contribution is -2.20. The van der Waals surface area contributed by atoms with E-state index in [9.17, 15) is 4.79 Å². The fraction of sp³-hybridized carbons (Fsp3) is 0.105. The molecule has 0 atom stereocenters. The predicted octanol–water partition coefficient (Wildman–Crippen LogP) is 2.38. The maximum absolute atomic E-state index is 12.7. The zero-order valence-electron chi connectivity index (χ0n) is 13.1. The molecule has 5 heteroatoms. The zero-order chi connectivity index (χ0) is 16.7. The molecule has 0 fully saturated rings. The molecule has 0 aliphatic carbocycles. The van der Waals surface area contributed by atoms with Gasteiger partial charge in [-0.1, -0.05) is 12.0 Å². The number of nitrogens with zero attached hydrogens (tertiary/aromatic N) is 4. The van der Waals surface area contributed by atoms with Crippen molar-refractivity contribution in [2.24, 2.45) is 0 Å². The summed E-state index contributed by atoms with van der Waals surface area (Å²) in [6, 6.07) is 5.83. The Morgan fingerprint density at radius 3 is 2.88 bits per heavy atom. The third kappa shape index (κ3) is 2.25. The second kappa shape index (κ2) is 5.36. The highest BCUT2D eigenvalue weighted by atomic mass is 16.1. The van der Waals surface area contributed by atoms with E-state index in [1.807, 2.05) is 41.9 Å². The number of aryl methyl sites for hydroxylation is 1. The Balaban J connectivity index is 1.80. The summed E-state index contributed by atoms with van der Waals surface area (Å²) in [7, 11) is 0. The molecule has 0 radical (unpaired) electrons. The molecule has 4 aromatic rings. The van der Waals surface area contributed by atoms with Crippen molar-refractivity contribution >= 4 is 16.4 Å².